The number of aliphatic imine (C=N–C) groups is 1. The third-order valence-corrected chi connectivity index (χ3v) is 5.52. The van der Waals surface area contributed by atoms with Crippen LogP contribution in [0.5, 0.6) is 5.75 Å². The van der Waals surface area contributed by atoms with Gasteiger partial charge in [-0.3, -0.25) is 14.5 Å². The lowest BCUT2D eigenvalue weighted by atomic mass is 10.2. The molecule has 0 aromatic heterocycles. The molecule has 1 aliphatic heterocycles. The number of methoxy groups -OCH3 is 1. The lowest BCUT2D eigenvalue weighted by molar-refractivity contribution is -0.127. The highest BCUT2D eigenvalue weighted by Gasteiger charge is 2.38. The fourth-order valence-electron chi connectivity index (χ4n) is 2.73. The Hall–Kier alpha value is -2.77. The third-order valence-electron chi connectivity index (χ3n) is 4.11. The van der Waals surface area contributed by atoms with Crippen LogP contribution in [0, 0.1) is 0 Å². The van der Waals surface area contributed by atoms with Crippen LogP contribution in [0.15, 0.2) is 66.2 Å². The molecular formula is C21H20ClN3O3S. The van der Waals surface area contributed by atoms with Crippen molar-refractivity contribution < 1.29 is 14.3 Å². The Kier molecular flexibility index (Phi) is 6.95. The Bertz CT molecular complexity index is 946. The molecule has 0 aliphatic carbocycles. The minimum Gasteiger partial charge on any atom is -0.497 e. The van der Waals surface area contributed by atoms with Crippen LogP contribution in [0.2, 0.25) is 5.02 Å². The number of halogens is 1. The van der Waals surface area contributed by atoms with Crippen LogP contribution >= 0.6 is 23.4 Å². The predicted molar refractivity (Wildman–Crippen MR) is 118 cm³/mol. The molecule has 1 N–H and O–H groups in total. The largest absolute Gasteiger partial charge is 0.497 e. The molecule has 1 heterocycles. The highest BCUT2D eigenvalue weighted by molar-refractivity contribution is 8.15. The summed E-state index contributed by atoms with van der Waals surface area (Å²) >= 11 is 7.28. The van der Waals surface area contributed by atoms with Gasteiger partial charge in [-0.05, 0) is 42.5 Å². The van der Waals surface area contributed by atoms with Gasteiger partial charge in [-0.15, -0.1) is 6.58 Å². The summed E-state index contributed by atoms with van der Waals surface area (Å²) in [5.74, 6) is 0.288. The van der Waals surface area contributed by atoms with E-state index >= 15 is 0 Å². The minimum absolute atomic E-state index is 0.0394. The average molecular weight is 430 g/mol. The summed E-state index contributed by atoms with van der Waals surface area (Å²) < 4.78 is 5.10. The molecule has 6 nitrogen and oxygen atoms in total. The van der Waals surface area contributed by atoms with Gasteiger partial charge in [-0.2, -0.15) is 0 Å². The van der Waals surface area contributed by atoms with Crippen LogP contribution in [-0.4, -0.2) is 40.8 Å². The number of nitrogens with zero attached hydrogens (tertiary/aromatic N) is 2. The lowest BCUT2D eigenvalue weighted by Gasteiger charge is -2.13. The molecule has 2 aromatic rings. The summed E-state index contributed by atoms with van der Waals surface area (Å²) in [6.07, 6.45) is 1.67. The maximum absolute atomic E-state index is 12.8. The molecule has 0 spiro atoms. The summed E-state index contributed by atoms with van der Waals surface area (Å²) in [5.41, 5.74) is 1.28. The van der Waals surface area contributed by atoms with Crippen LogP contribution in [-0.2, 0) is 9.59 Å². The van der Waals surface area contributed by atoms with E-state index in [4.69, 9.17) is 16.3 Å². The van der Waals surface area contributed by atoms with E-state index in [1.165, 1.54) is 16.7 Å². The third kappa shape index (κ3) is 5.40. The van der Waals surface area contributed by atoms with E-state index in [2.05, 4.69) is 16.9 Å². The van der Waals surface area contributed by atoms with Crippen LogP contribution in [0.25, 0.3) is 0 Å². The monoisotopic (exact) mass is 429 g/mol. The molecule has 1 fully saturated rings. The Labute approximate surface area is 178 Å². The summed E-state index contributed by atoms with van der Waals surface area (Å²) in [6, 6.07) is 14.1. The van der Waals surface area contributed by atoms with E-state index in [-0.39, 0.29) is 18.2 Å². The quantitative estimate of drug-likeness (QED) is 0.658. The molecule has 8 heteroatoms. The highest BCUT2D eigenvalue weighted by atomic mass is 35.5. The predicted octanol–water partition coefficient (Wildman–Crippen LogP) is 4.49. The Morgan fingerprint density at radius 2 is 2.10 bits per heavy atom. The molecule has 0 radical (unpaired) electrons. The Morgan fingerprint density at radius 3 is 2.76 bits per heavy atom. The van der Waals surface area contributed by atoms with Crippen molar-refractivity contribution in [2.75, 3.05) is 19.0 Å². The number of rotatable bonds is 7. The first kappa shape index (κ1) is 21.0. The summed E-state index contributed by atoms with van der Waals surface area (Å²) in [5, 5.41) is 3.34. The number of anilines is 1. The van der Waals surface area contributed by atoms with Crippen LogP contribution in [0.4, 0.5) is 11.4 Å². The van der Waals surface area contributed by atoms with Gasteiger partial charge in [0.05, 0.1) is 12.8 Å². The number of hydrogen-bond donors (Lipinski definition) is 1. The van der Waals surface area contributed by atoms with Gasteiger partial charge in [0.1, 0.15) is 11.0 Å². The van der Waals surface area contributed by atoms with Crippen molar-refractivity contribution in [2.24, 2.45) is 4.99 Å². The van der Waals surface area contributed by atoms with Gasteiger partial charge in [-0.25, -0.2) is 4.99 Å². The molecular weight excluding hydrogens is 410 g/mol. The van der Waals surface area contributed by atoms with Crippen molar-refractivity contribution in [1.29, 1.82) is 0 Å². The molecule has 0 unspecified atom stereocenters. The SMILES string of the molecule is C=CCN1C(=O)[C@@H](CC(=O)Nc2ccc(OC)cc2)SC1=Nc1cccc(Cl)c1. The maximum Gasteiger partial charge on any atom is 0.242 e. The number of benzene rings is 2. The standard InChI is InChI=1S/C21H20ClN3O3S/c1-3-11-25-20(27)18(29-21(25)24-16-6-4-5-14(22)12-16)13-19(26)23-15-7-9-17(28-2)10-8-15/h3-10,12,18H,1,11,13H2,2H3,(H,23,26)/t18-/m1/s1. The number of nitrogens with one attached hydrogen (secondary N) is 1. The van der Waals surface area contributed by atoms with E-state index < -0.39 is 5.25 Å². The van der Waals surface area contributed by atoms with Gasteiger partial charge in [0.15, 0.2) is 5.17 Å². The molecule has 0 saturated carbocycles. The van der Waals surface area contributed by atoms with Crippen molar-refractivity contribution >= 4 is 51.7 Å². The topological polar surface area (TPSA) is 71.0 Å². The number of amides is 2. The minimum atomic E-state index is -0.550. The second kappa shape index (κ2) is 9.62. The molecule has 29 heavy (non-hydrogen) atoms. The van der Waals surface area contributed by atoms with E-state index in [1.807, 2.05) is 0 Å². The van der Waals surface area contributed by atoms with Gasteiger partial charge >= 0.3 is 0 Å². The van der Waals surface area contributed by atoms with E-state index in [0.29, 0.717) is 33.9 Å². The molecule has 2 amide bonds. The first-order valence-corrected chi connectivity index (χ1v) is 10.1. The zero-order valence-corrected chi connectivity index (χ0v) is 17.4. The first-order valence-electron chi connectivity index (χ1n) is 8.87. The number of ether oxygens (including phenoxy) is 1. The fourth-order valence-corrected chi connectivity index (χ4v) is 4.08. The fraction of sp³-hybridized carbons (Fsp3) is 0.190. The van der Waals surface area contributed by atoms with Gasteiger partial charge in [0.2, 0.25) is 11.8 Å². The van der Waals surface area contributed by atoms with Gasteiger partial charge in [0.25, 0.3) is 0 Å². The molecule has 1 aliphatic rings. The number of thioether (sulfide) groups is 1. The maximum atomic E-state index is 12.8. The number of amidine groups is 1. The zero-order chi connectivity index (χ0) is 20.8. The van der Waals surface area contributed by atoms with Crippen LogP contribution < -0.4 is 10.1 Å². The second-order valence-electron chi connectivity index (χ2n) is 6.20. The molecule has 1 atom stereocenters. The van der Waals surface area contributed by atoms with Crippen LogP contribution in [0.3, 0.4) is 0 Å². The number of hydrogen-bond acceptors (Lipinski definition) is 5. The van der Waals surface area contributed by atoms with Gasteiger partial charge in [0, 0.05) is 23.7 Å². The average Bonchev–Trinajstić information content (AvgIpc) is 2.97. The normalized spacial score (nSPS) is 17.4. The highest BCUT2D eigenvalue weighted by Crippen LogP contribution is 2.32. The summed E-state index contributed by atoms with van der Waals surface area (Å²) in [4.78, 5) is 31.3. The van der Waals surface area contributed by atoms with E-state index in [0.717, 1.165) is 0 Å². The lowest BCUT2D eigenvalue weighted by Crippen LogP contribution is -2.33. The second-order valence-corrected chi connectivity index (χ2v) is 7.81. The first-order chi connectivity index (χ1) is 14.0. The Morgan fingerprint density at radius 1 is 1.34 bits per heavy atom. The van der Waals surface area contributed by atoms with Crippen LogP contribution in [0.1, 0.15) is 6.42 Å². The van der Waals surface area contributed by atoms with Gasteiger partial charge < -0.3 is 10.1 Å². The molecule has 3 rings (SSSR count). The zero-order valence-electron chi connectivity index (χ0n) is 15.8. The summed E-state index contributed by atoms with van der Waals surface area (Å²) in [7, 11) is 1.58. The van der Waals surface area contributed by atoms with Crippen molar-refractivity contribution in [2.45, 2.75) is 11.7 Å². The summed E-state index contributed by atoms with van der Waals surface area (Å²) in [6.45, 7) is 4.02. The van der Waals surface area contributed by atoms with Gasteiger partial charge in [-0.1, -0.05) is 35.5 Å². The van der Waals surface area contributed by atoms with Crippen molar-refractivity contribution in [3.05, 3.63) is 66.2 Å². The molecule has 150 valence electrons. The smallest absolute Gasteiger partial charge is 0.242 e. The number of carbonyl (C=O) groups is 2. The number of carbonyl (C=O) groups excluding carboxylic acids is 2. The van der Waals surface area contributed by atoms with E-state index in [9.17, 15) is 9.59 Å². The van der Waals surface area contributed by atoms with Crippen molar-refractivity contribution in [3.8, 4) is 5.75 Å². The van der Waals surface area contributed by atoms with Crippen molar-refractivity contribution in [1.82, 2.24) is 4.90 Å². The Balaban J connectivity index is 1.71. The molecule has 2 aromatic carbocycles. The molecule has 0 bridgehead atoms. The van der Waals surface area contributed by atoms with Crippen molar-refractivity contribution in [3.63, 3.8) is 0 Å². The van der Waals surface area contributed by atoms with E-state index in [1.54, 1.807) is 61.7 Å². The molecule has 1 saturated heterocycles.